The van der Waals surface area contributed by atoms with Gasteiger partial charge in [0, 0.05) is 30.9 Å². The normalized spacial score (nSPS) is 19.8. The monoisotopic (exact) mass is 276 g/mol. The summed E-state index contributed by atoms with van der Waals surface area (Å²) in [4.78, 5) is 18.4. The molecule has 0 unspecified atom stereocenters. The molecule has 1 aliphatic rings. The Morgan fingerprint density at radius 3 is 2.75 bits per heavy atom. The van der Waals surface area contributed by atoms with Crippen LogP contribution in [0.15, 0.2) is 18.3 Å². The van der Waals surface area contributed by atoms with Gasteiger partial charge in [0.15, 0.2) is 0 Å². The highest BCUT2D eigenvalue weighted by Crippen LogP contribution is 2.26. The molecule has 1 amide bonds. The van der Waals surface area contributed by atoms with Gasteiger partial charge in [-0.25, -0.2) is 4.79 Å². The number of ether oxygens (including phenoxy) is 1. The summed E-state index contributed by atoms with van der Waals surface area (Å²) < 4.78 is 5.45. The Morgan fingerprint density at radius 1 is 1.40 bits per heavy atom. The lowest BCUT2D eigenvalue weighted by molar-refractivity contribution is 0.0197. The smallest absolute Gasteiger partial charge is 0.410 e. The summed E-state index contributed by atoms with van der Waals surface area (Å²) in [5.41, 5.74) is 1.80. The number of carbonyl (C=O) groups excluding carboxylic acids is 1. The maximum atomic E-state index is 12.1. The lowest BCUT2D eigenvalue weighted by atomic mass is 9.94. The van der Waals surface area contributed by atoms with Gasteiger partial charge in [0.1, 0.15) is 5.60 Å². The van der Waals surface area contributed by atoms with Crippen molar-refractivity contribution in [2.24, 2.45) is 0 Å². The summed E-state index contributed by atoms with van der Waals surface area (Å²) in [6.07, 6.45) is 3.76. The number of likely N-dealkylation sites (tertiary alicyclic amines) is 1. The topological polar surface area (TPSA) is 42.4 Å². The van der Waals surface area contributed by atoms with Gasteiger partial charge in [0.05, 0.1) is 0 Å². The van der Waals surface area contributed by atoms with E-state index < -0.39 is 5.60 Å². The van der Waals surface area contributed by atoms with Crippen LogP contribution < -0.4 is 0 Å². The zero-order valence-corrected chi connectivity index (χ0v) is 12.8. The van der Waals surface area contributed by atoms with E-state index in [4.69, 9.17) is 4.74 Å². The first-order valence-electron chi connectivity index (χ1n) is 7.25. The molecule has 1 atom stereocenters. The molecule has 1 saturated heterocycles. The minimum absolute atomic E-state index is 0.214. The predicted octanol–water partition coefficient (Wildman–Crippen LogP) is 3.50. The molecule has 1 fully saturated rings. The van der Waals surface area contributed by atoms with E-state index in [0.29, 0.717) is 12.5 Å². The third-order valence-corrected chi connectivity index (χ3v) is 3.43. The van der Waals surface area contributed by atoms with Gasteiger partial charge in [-0.3, -0.25) is 4.98 Å². The molecule has 1 aromatic rings. The number of amides is 1. The van der Waals surface area contributed by atoms with Crippen LogP contribution in [0.2, 0.25) is 0 Å². The van der Waals surface area contributed by atoms with Gasteiger partial charge in [-0.2, -0.15) is 0 Å². The van der Waals surface area contributed by atoms with Crippen LogP contribution in [0, 0.1) is 6.92 Å². The number of rotatable bonds is 1. The Morgan fingerprint density at radius 2 is 2.15 bits per heavy atom. The summed E-state index contributed by atoms with van der Waals surface area (Å²) in [6.45, 7) is 9.20. The van der Waals surface area contributed by atoms with Gasteiger partial charge < -0.3 is 9.64 Å². The number of hydrogen-bond acceptors (Lipinski definition) is 3. The Balaban J connectivity index is 2.01. The van der Waals surface area contributed by atoms with Crippen molar-refractivity contribution in [2.45, 2.75) is 52.1 Å². The fourth-order valence-electron chi connectivity index (χ4n) is 2.43. The number of hydrogen-bond donors (Lipinski definition) is 0. The number of carbonyl (C=O) groups is 1. The standard InChI is InChI=1S/C16H24N2O2/c1-12-7-8-14(17-10-12)13-6-5-9-18(11-13)15(19)20-16(2,3)4/h7-8,10,13H,5-6,9,11H2,1-4H3/t13-/m1/s1. The molecule has 1 aromatic heterocycles. The van der Waals surface area contributed by atoms with E-state index in [1.54, 1.807) is 4.90 Å². The third kappa shape index (κ3) is 3.95. The molecule has 4 nitrogen and oxygen atoms in total. The van der Waals surface area contributed by atoms with E-state index in [9.17, 15) is 4.79 Å². The maximum Gasteiger partial charge on any atom is 0.410 e. The summed E-state index contributed by atoms with van der Waals surface area (Å²) in [5.74, 6) is 0.317. The summed E-state index contributed by atoms with van der Waals surface area (Å²) >= 11 is 0. The molecule has 0 radical (unpaired) electrons. The van der Waals surface area contributed by atoms with Crippen molar-refractivity contribution >= 4 is 6.09 Å². The molecular formula is C16H24N2O2. The molecule has 2 rings (SSSR count). The first kappa shape index (κ1) is 14.8. The second-order valence-electron chi connectivity index (χ2n) is 6.53. The maximum absolute atomic E-state index is 12.1. The Labute approximate surface area is 121 Å². The van der Waals surface area contributed by atoms with Crippen LogP contribution >= 0.6 is 0 Å². The average Bonchev–Trinajstić information content (AvgIpc) is 2.38. The van der Waals surface area contributed by atoms with Gasteiger partial charge in [0.25, 0.3) is 0 Å². The van der Waals surface area contributed by atoms with Crippen LogP contribution in [-0.2, 0) is 4.74 Å². The molecule has 0 spiro atoms. The number of aromatic nitrogens is 1. The first-order valence-corrected chi connectivity index (χ1v) is 7.25. The van der Waals surface area contributed by atoms with Crippen LogP contribution in [0.1, 0.15) is 50.8 Å². The minimum atomic E-state index is -0.438. The first-order chi connectivity index (χ1) is 9.35. The number of pyridine rings is 1. The second kappa shape index (κ2) is 5.81. The van der Waals surface area contributed by atoms with E-state index in [1.807, 2.05) is 33.9 Å². The minimum Gasteiger partial charge on any atom is -0.444 e. The quantitative estimate of drug-likeness (QED) is 0.788. The predicted molar refractivity (Wildman–Crippen MR) is 78.8 cm³/mol. The fourth-order valence-corrected chi connectivity index (χ4v) is 2.43. The van der Waals surface area contributed by atoms with E-state index in [-0.39, 0.29) is 6.09 Å². The van der Waals surface area contributed by atoms with Crippen LogP contribution in [0.5, 0.6) is 0 Å². The molecule has 1 aliphatic heterocycles. The van der Waals surface area contributed by atoms with Crippen molar-refractivity contribution < 1.29 is 9.53 Å². The summed E-state index contributed by atoms with van der Waals surface area (Å²) in [5, 5.41) is 0. The second-order valence-corrected chi connectivity index (χ2v) is 6.53. The van der Waals surface area contributed by atoms with Crippen molar-refractivity contribution in [3.8, 4) is 0 Å². The number of aryl methyl sites for hydroxylation is 1. The third-order valence-electron chi connectivity index (χ3n) is 3.43. The number of nitrogens with zero attached hydrogens (tertiary/aromatic N) is 2. The van der Waals surface area contributed by atoms with Gasteiger partial charge in [-0.05, 0) is 52.2 Å². The molecule has 0 N–H and O–H groups in total. The van der Waals surface area contributed by atoms with Crippen LogP contribution in [-0.4, -0.2) is 34.7 Å². The molecule has 0 aromatic carbocycles. The largest absolute Gasteiger partial charge is 0.444 e. The summed E-state index contributed by atoms with van der Waals surface area (Å²) in [7, 11) is 0. The molecule has 0 aliphatic carbocycles. The van der Waals surface area contributed by atoms with E-state index in [2.05, 4.69) is 17.1 Å². The Hall–Kier alpha value is -1.58. The van der Waals surface area contributed by atoms with Crippen LogP contribution in [0.25, 0.3) is 0 Å². The molecule has 4 heteroatoms. The SMILES string of the molecule is Cc1ccc([C@@H]2CCCN(C(=O)OC(C)(C)C)C2)nc1. The van der Waals surface area contributed by atoms with Crippen molar-refractivity contribution in [1.82, 2.24) is 9.88 Å². The lowest BCUT2D eigenvalue weighted by Gasteiger charge is -2.33. The highest BCUT2D eigenvalue weighted by Gasteiger charge is 2.28. The van der Waals surface area contributed by atoms with Crippen LogP contribution in [0.4, 0.5) is 4.79 Å². The number of piperidine rings is 1. The molecule has 20 heavy (non-hydrogen) atoms. The van der Waals surface area contributed by atoms with Crippen molar-refractivity contribution in [2.75, 3.05) is 13.1 Å². The van der Waals surface area contributed by atoms with Crippen molar-refractivity contribution in [3.05, 3.63) is 29.6 Å². The van der Waals surface area contributed by atoms with Gasteiger partial charge in [0.2, 0.25) is 0 Å². The molecular weight excluding hydrogens is 252 g/mol. The Kier molecular flexibility index (Phi) is 4.31. The van der Waals surface area contributed by atoms with Crippen LogP contribution in [0.3, 0.4) is 0 Å². The highest BCUT2D eigenvalue weighted by atomic mass is 16.6. The average molecular weight is 276 g/mol. The molecule has 0 bridgehead atoms. The molecule has 0 saturated carbocycles. The highest BCUT2D eigenvalue weighted by molar-refractivity contribution is 5.68. The van der Waals surface area contributed by atoms with Gasteiger partial charge in [-0.15, -0.1) is 0 Å². The zero-order valence-electron chi connectivity index (χ0n) is 12.8. The molecule has 110 valence electrons. The fraction of sp³-hybridized carbons (Fsp3) is 0.625. The lowest BCUT2D eigenvalue weighted by Crippen LogP contribution is -2.42. The van der Waals surface area contributed by atoms with Crippen molar-refractivity contribution in [1.29, 1.82) is 0 Å². The summed E-state index contributed by atoms with van der Waals surface area (Å²) in [6, 6.07) is 4.15. The van der Waals surface area contributed by atoms with Gasteiger partial charge >= 0.3 is 6.09 Å². The van der Waals surface area contributed by atoms with E-state index in [0.717, 1.165) is 30.6 Å². The molecule has 2 heterocycles. The van der Waals surface area contributed by atoms with Gasteiger partial charge in [-0.1, -0.05) is 6.07 Å². The van der Waals surface area contributed by atoms with E-state index in [1.165, 1.54) is 0 Å². The zero-order chi connectivity index (χ0) is 14.8. The Bertz CT molecular complexity index is 462. The van der Waals surface area contributed by atoms with E-state index >= 15 is 0 Å². The van der Waals surface area contributed by atoms with Crippen molar-refractivity contribution in [3.63, 3.8) is 0 Å².